The van der Waals surface area contributed by atoms with Gasteiger partial charge in [-0.2, -0.15) is 18.4 Å². The number of carbonyl (C=O) groups excluding carboxylic acids is 1. The van der Waals surface area contributed by atoms with Crippen LogP contribution in [0.1, 0.15) is 15.9 Å². The second-order valence-corrected chi connectivity index (χ2v) is 4.74. The minimum atomic E-state index is -4.83. The number of rotatable bonds is 2. The second kappa shape index (κ2) is 6.21. The average Bonchev–Trinajstić information content (AvgIpc) is 2.52. The lowest BCUT2D eigenvalue weighted by Crippen LogP contribution is -2.48. The van der Waals surface area contributed by atoms with Crippen molar-refractivity contribution in [2.24, 2.45) is 0 Å². The number of non-ortho nitro benzene ring substituents is 1. The molecule has 1 atom stereocenters. The van der Waals surface area contributed by atoms with Crippen LogP contribution in [0.3, 0.4) is 0 Å². The molecule has 23 heavy (non-hydrogen) atoms. The van der Waals surface area contributed by atoms with Crippen molar-refractivity contribution >= 4 is 11.6 Å². The van der Waals surface area contributed by atoms with Crippen LogP contribution in [-0.4, -0.2) is 41.5 Å². The van der Waals surface area contributed by atoms with Crippen molar-refractivity contribution in [1.29, 1.82) is 5.26 Å². The molecule has 1 aromatic rings. The Labute approximate surface area is 128 Å². The number of carbonyl (C=O) groups is 1. The zero-order valence-corrected chi connectivity index (χ0v) is 11.5. The predicted octanol–water partition coefficient (Wildman–Crippen LogP) is 1.98. The lowest BCUT2D eigenvalue weighted by molar-refractivity contribution is -0.385. The van der Waals surface area contributed by atoms with Crippen LogP contribution in [0.4, 0.5) is 18.9 Å². The summed E-state index contributed by atoms with van der Waals surface area (Å²) in [5.74, 6) is -0.881. The first-order chi connectivity index (χ1) is 10.7. The number of nitro groups is 1. The molecule has 10 heteroatoms. The third-order valence-electron chi connectivity index (χ3n) is 3.24. The molecule has 1 amide bonds. The molecule has 0 aromatic heterocycles. The maximum Gasteiger partial charge on any atom is 0.416 e. The Bertz CT molecular complexity index is 684. The third-order valence-corrected chi connectivity index (χ3v) is 3.24. The Morgan fingerprint density at radius 2 is 2.13 bits per heavy atom. The van der Waals surface area contributed by atoms with Crippen molar-refractivity contribution in [2.45, 2.75) is 12.2 Å². The molecule has 0 aliphatic carbocycles. The summed E-state index contributed by atoms with van der Waals surface area (Å²) in [6.45, 7) is 0.0787. The Balaban J connectivity index is 2.45. The van der Waals surface area contributed by atoms with Crippen LogP contribution in [0.5, 0.6) is 0 Å². The molecule has 0 N–H and O–H groups in total. The zero-order chi connectivity index (χ0) is 17.2. The fourth-order valence-electron chi connectivity index (χ4n) is 2.12. The van der Waals surface area contributed by atoms with Crippen molar-refractivity contribution in [3.8, 4) is 6.07 Å². The van der Waals surface area contributed by atoms with Crippen LogP contribution in [0.2, 0.25) is 0 Å². The number of morpholine rings is 1. The van der Waals surface area contributed by atoms with Crippen molar-refractivity contribution < 1.29 is 27.6 Å². The van der Waals surface area contributed by atoms with Crippen LogP contribution in [0.15, 0.2) is 18.2 Å². The van der Waals surface area contributed by atoms with Gasteiger partial charge in [-0.15, -0.1) is 0 Å². The summed E-state index contributed by atoms with van der Waals surface area (Å²) in [4.78, 5) is 23.2. The van der Waals surface area contributed by atoms with E-state index in [2.05, 4.69) is 0 Å². The van der Waals surface area contributed by atoms with E-state index < -0.39 is 39.9 Å². The molecular weight excluding hydrogens is 319 g/mol. The number of nitro benzene ring substituents is 1. The van der Waals surface area contributed by atoms with Crippen LogP contribution >= 0.6 is 0 Å². The highest BCUT2D eigenvalue weighted by atomic mass is 19.4. The first-order valence-electron chi connectivity index (χ1n) is 6.39. The van der Waals surface area contributed by atoms with Gasteiger partial charge in [0.15, 0.2) is 0 Å². The molecule has 0 spiro atoms. The molecule has 0 radical (unpaired) electrons. The number of hydrogen-bond acceptors (Lipinski definition) is 5. The van der Waals surface area contributed by atoms with E-state index in [-0.39, 0.29) is 19.8 Å². The molecule has 0 bridgehead atoms. The number of ether oxygens (including phenoxy) is 1. The van der Waals surface area contributed by atoms with Gasteiger partial charge in [-0.05, 0) is 6.07 Å². The first-order valence-corrected chi connectivity index (χ1v) is 6.39. The summed E-state index contributed by atoms with van der Waals surface area (Å²) < 4.78 is 43.5. The minimum absolute atomic E-state index is 0.0150. The van der Waals surface area contributed by atoms with Gasteiger partial charge >= 0.3 is 6.18 Å². The van der Waals surface area contributed by atoms with Crippen molar-refractivity contribution in [3.05, 3.63) is 39.4 Å². The summed E-state index contributed by atoms with van der Waals surface area (Å²) >= 11 is 0. The molecule has 1 aliphatic rings. The number of nitriles is 1. The van der Waals surface area contributed by atoms with E-state index in [4.69, 9.17) is 10.00 Å². The molecule has 122 valence electrons. The summed E-state index contributed by atoms with van der Waals surface area (Å²) in [5, 5.41) is 19.8. The molecule has 2 rings (SSSR count). The normalized spacial score (nSPS) is 18.3. The van der Waals surface area contributed by atoms with Gasteiger partial charge in [-0.25, -0.2) is 0 Å². The molecule has 1 saturated heterocycles. The zero-order valence-electron chi connectivity index (χ0n) is 11.5. The highest BCUT2D eigenvalue weighted by Gasteiger charge is 2.35. The minimum Gasteiger partial charge on any atom is -0.376 e. The van der Waals surface area contributed by atoms with E-state index in [1.54, 1.807) is 0 Å². The van der Waals surface area contributed by atoms with Crippen molar-refractivity contribution in [1.82, 2.24) is 4.90 Å². The van der Waals surface area contributed by atoms with Crippen LogP contribution in [-0.2, 0) is 10.9 Å². The average molecular weight is 329 g/mol. The molecular formula is C13H10F3N3O4. The molecule has 0 unspecified atom stereocenters. The van der Waals surface area contributed by atoms with E-state index >= 15 is 0 Å². The number of alkyl halides is 3. The Morgan fingerprint density at radius 1 is 1.43 bits per heavy atom. The topological polar surface area (TPSA) is 96.5 Å². The summed E-state index contributed by atoms with van der Waals surface area (Å²) in [6.07, 6.45) is -4.83. The summed E-state index contributed by atoms with van der Waals surface area (Å²) in [7, 11) is 0. The lowest BCUT2D eigenvalue weighted by Gasteiger charge is -2.31. The van der Waals surface area contributed by atoms with Gasteiger partial charge < -0.3 is 9.64 Å². The number of benzene rings is 1. The van der Waals surface area contributed by atoms with E-state index in [0.29, 0.717) is 12.1 Å². The van der Waals surface area contributed by atoms with Gasteiger partial charge in [0.2, 0.25) is 0 Å². The molecule has 1 heterocycles. The predicted molar refractivity (Wildman–Crippen MR) is 69.4 cm³/mol. The number of halogens is 3. The molecule has 7 nitrogen and oxygen atoms in total. The number of hydrogen-bond donors (Lipinski definition) is 0. The van der Waals surface area contributed by atoms with Gasteiger partial charge in [0.25, 0.3) is 11.6 Å². The maximum atomic E-state index is 12.8. The molecule has 0 saturated carbocycles. The summed E-state index contributed by atoms with van der Waals surface area (Å²) in [6, 6.07) is 2.52. The molecule has 1 fully saturated rings. The monoisotopic (exact) mass is 329 g/mol. The highest BCUT2D eigenvalue weighted by molar-refractivity contribution is 5.95. The Hall–Kier alpha value is -2.67. The fraction of sp³-hybridized carbons (Fsp3) is 0.385. The Morgan fingerprint density at radius 3 is 2.70 bits per heavy atom. The van der Waals surface area contributed by atoms with E-state index in [1.807, 2.05) is 6.07 Å². The van der Waals surface area contributed by atoms with E-state index in [1.165, 1.54) is 0 Å². The largest absolute Gasteiger partial charge is 0.416 e. The van der Waals surface area contributed by atoms with Gasteiger partial charge in [0.1, 0.15) is 6.04 Å². The number of amides is 1. The Kier molecular flexibility index (Phi) is 4.51. The second-order valence-electron chi connectivity index (χ2n) is 4.74. The quantitative estimate of drug-likeness (QED) is 0.610. The fourth-order valence-corrected chi connectivity index (χ4v) is 2.12. The lowest BCUT2D eigenvalue weighted by atomic mass is 10.1. The third kappa shape index (κ3) is 3.57. The van der Waals surface area contributed by atoms with Gasteiger partial charge in [0, 0.05) is 24.2 Å². The van der Waals surface area contributed by atoms with Crippen molar-refractivity contribution in [2.75, 3.05) is 19.8 Å². The summed E-state index contributed by atoms with van der Waals surface area (Å²) in [5.41, 5.74) is -2.63. The standard InChI is InChI=1S/C13H10F3N3O4/c14-13(15,16)9-3-8(4-10(5-9)19(21)22)12(20)18-1-2-23-7-11(18)6-17/h3-5,11H,1-2,7H2/t11-/m0/s1. The highest BCUT2D eigenvalue weighted by Crippen LogP contribution is 2.33. The first kappa shape index (κ1) is 16.7. The maximum absolute atomic E-state index is 12.8. The van der Waals surface area contributed by atoms with Gasteiger partial charge in [-0.1, -0.05) is 0 Å². The SMILES string of the molecule is N#C[C@H]1COCCN1C(=O)c1cc([N+](=O)[O-])cc(C(F)(F)F)c1. The van der Waals surface area contributed by atoms with Crippen LogP contribution < -0.4 is 0 Å². The van der Waals surface area contributed by atoms with Crippen molar-refractivity contribution in [3.63, 3.8) is 0 Å². The van der Waals surface area contributed by atoms with Crippen LogP contribution in [0.25, 0.3) is 0 Å². The van der Waals surface area contributed by atoms with Gasteiger partial charge in [-0.3, -0.25) is 14.9 Å². The van der Waals surface area contributed by atoms with E-state index in [9.17, 15) is 28.1 Å². The van der Waals surface area contributed by atoms with Crippen LogP contribution in [0, 0.1) is 21.4 Å². The molecule has 1 aliphatic heterocycles. The molecule has 1 aromatic carbocycles. The number of nitrogens with zero attached hydrogens (tertiary/aromatic N) is 3. The van der Waals surface area contributed by atoms with E-state index in [0.717, 1.165) is 11.0 Å². The smallest absolute Gasteiger partial charge is 0.376 e. The van der Waals surface area contributed by atoms with Gasteiger partial charge in [0.05, 0.1) is 29.8 Å².